The number of anilines is 2. The molecule has 6 heteroatoms. The van der Waals surface area contributed by atoms with Crippen LogP contribution in [-0.2, 0) is 9.53 Å². The Morgan fingerprint density at radius 1 is 1.11 bits per heavy atom. The molecule has 4 nitrogen and oxygen atoms in total. The molecule has 1 aromatic carbocycles. The van der Waals surface area contributed by atoms with Gasteiger partial charge in [0.2, 0.25) is 5.91 Å². The van der Waals surface area contributed by atoms with E-state index in [2.05, 4.69) is 10.6 Å². The number of ether oxygens (including phenoxy) is 1. The van der Waals surface area contributed by atoms with E-state index in [9.17, 15) is 4.79 Å². The highest BCUT2D eigenvalue weighted by Gasteiger charge is 2.43. The molecule has 1 amide bonds. The van der Waals surface area contributed by atoms with E-state index >= 15 is 0 Å². The summed E-state index contributed by atoms with van der Waals surface area (Å²) >= 11 is 11.9. The number of hydrogen-bond acceptors (Lipinski definition) is 3. The smallest absolute Gasteiger partial charge is 0.250 e. The Balaban J connectivity index is 2.00. The zero-order valence-corrected chi connectivity index (χ0v) is 11.1. The van der Waals surface area contributed by atoms with Gasteiger partial charge in [-0.25, -0.2) is 0 Å². The molecule has 1 fully saturated rings. The van der Waals surface area contributed by atoms with Crippen LogP contribution in [0.2, 0.25) is 10.0 Å². The third-order valence-electron chi connectivity index (χ3n) is 3.46. The molecule has 0 atom stereocenters. The summed E-state index contributed by atoms with van der Waals surface area (Å²) in [6, 6.07) is 3.41. The van der Waals surface area contributed by atoms with Gasteiger partial charge in [0.15, 0.2) is 0 Å². The van der Waals surface area contributed by atoms with E-state index in [4.69, 9.17) is 27.9 Å². The van der Waals surface area contributed by atoms with E-state index in [1.54, 1.807) is 12.1 Å². The molecule has 2 N–H and O–H groups in total. The number of halogens is 2. The summed E-state index contributed by atoms with van der Waals surface area (Å²) in [4.78, 5) is 12.2. The van der Waals surface area contributed by atoms with Crippen molar-refractivity contribution in [2.75, 3.05) is 23.8 Å². The molecule has 0 unspecified atom stereocenters. The molecular weight excluding hydrogens is 275 g/mol. The lowest BCUT2D eigenvalue weighted by Gasteiger charge is -2.41. The summed E-state index contributed by atoms with van der Waals surface area (Å²) in [5.41, 5.74) is 0.903. The second-order valence-corrected chi connectivity index (χ2v) is 5.40. The third kappa shape index (κ3) is 1.85. The van der Waals surface area contributed by atoms with Crippen molar-refractivity contribution in [2.24, 2.45) is 0 Å². The maximum absolute atomic E-state index is 12.2. The van der Waals surface area contributed by atoms with Gasteiger partial charge in [0, 0.05) is 26.1 Å². The SMILES string of the molecule is O=C1Nc2cc(Cl)c(Cl)cc2NC12CCOCC2. The number of carbonyl (C=O) groups is 1. The minimum Gasteiger partial charge on any atom is -0.381 e. The number of benzene rings is 1. The van der Waals surface area contributed by atoms with E-state index in [-0.39, 0.29) is 5.91 Å². The van der Waals surface area contributed by atoms with E-state index in [1.165, 1.54) is 0 Å². The van der Waals surface area contributed by atoms with Gasteiger partial charge in [0.25, 0.3) is 0 Å². The summed E-state index contributed by atoms with van der Waals surface area (Å²) in [7, 11) is 0. The van der Waals surface area contributed by atoms with Crippen molar-refractivity contribution in [1.82, 2.24) is 0 Å². The van der Waals surface area contributed by atoms with Crippen molar-refractivity contribution in [3.63, 3.8) is 0 Å². The fourth-order valence-electron chi connectivity index (χ4n) is 2.38. The number of nitrogens with one attached hydrogen (secondary N) is 2. The second kappa shape index (κ2) is 4.30. The van der Waals surface area contributed by atoms with Crippen LogP contribution >= 0.6 is 23.2 Å². The maximum Gasteiger partial charge on any atom is 0.250 e. The van der Waals surface area contributed by atoms with Crippen molar-refractivity contribution in [3.8, 4) is 0 Å². The predicted molar refractivity (Wildman–Crippen MR) is 71.5 cm³/mol. The maximum atomic E-state index is 12.2. The topological polar surface area (TPSA) is 50.4 Å². The molecule has 1 spiro atoms. The van der Waals surface area contributed by atoms with Crippen LogP contribution in [0.15, 0.2) is 12.1 Å². The van der Waals surface area contributed by atoms with Gasteiger partial charge in [-0.05, 0) is 12.1 Å². The molecule has 96 valence electrons. The first-order valence-corrected chi connectivity index (χ1v) is 6.53. The van der Waals surface area contributed by atoms with Crippen molar-refractivity contribution < 1.29 is 9.53 Å². The molecule has 2 aliphatic rings. The molecule has 0 aromatic heterocycles. The van der Waals surface area contributed by atoms with Crippen LogP contribution in [0.1, 0.15) is 12.8 Å². The largest absolute Gasteiger partial charge is 0.381 e. The first-order valence-electron chi connectivity index (χ1n) is 5.77. The summed E-state index contributed by atoms with van der Waals surface area (Å²) in [5.74, 6) is -0.0308. The average Bonchev–Trinajstić information content (AvgIpc) is 2.35. The van der Waals surface area contributed by atoms with E-state index < -0.39 is 5.54 Å². The van der Waals surface area contributed by atoms with Gasteiger partial charge >= 0.3 is 0 Å². The summed E-state index contributed by atoms with van der Waals surface area (Å²) in [6.07, 6.45) is 1.30. The number of amides is 1. The van der Waals surface area contributed by atoms with E-state index in [1.807, 2.05) is 0 Å². The molecule has 2 heterocycles. The lowest BCUT2D eigenvalue weighted by molar-refractivity contribution is -0.123. The molecule has 1 saturated heterocycles. The molecule has 18 heavy (non-hydrogen) atoms. The normalized spacial score (nSPS) is 21.1. The standard InChI is InChI=1S/C12H12Cl2N2O2/c13-7-5-9-10(6-8(7)14)16-12(11(17)15-9)1-3-18-4-2-12/h5-6,16H,1-4H2,(H,15,17). The Morgan fingerprint density at radius 3 is 2.39 bits per heavy atom. The molecule has 3 rings (SSSR count). The van der Waals surface area contributed by atoms with Crippen LogP contribution in [0.4, 0.5) is 11.4 Å². The van der Waals surface area contributed by atoms with Crippen LogP contribution in [-0.4, -0.2) is 24.7 Å². The van der Waals surface area contributed by atoms with Crippen LogP contribution in [0.3, 0.4) is 0 Å². The highest BCUT2D eigenvalue weighted by Crippen LogP contribution is 2.39. The van der Waals surface area contributed by atoms with Gasteiger partial charge < -0.3 is 15.4 Å². The van der Waals surface area contributed by atoms with Crippen molar-refractivity contribution in [2.45, 2.75) is 18.4 Å². The van der Waals surface area contributed by atoms with Gasteiger partial charge in [0.1, 0.15) is 5.54 Å². The number of fused-ring (bicyclic) bond motifs is 1. The van der Waals surface area contributed by atoms with Gasteiger partial charge in [-0.3, -0.25) is 4.79 Å². The fraction of sp³-hybridized carbons (Fsp3) is 0.417. The minimum absolute atomic E-state index is 0.0308. The molecule has 0 saturated carbocycles. The number of hydrogen-bond donors (Lipinski definition) is 2. The summed E-state index contributed by atoms with van der Waals surface area (Å²) in [6.45, 7) is 1.16. The lowest BCUT2D eigenvalue weighted by atomic mass is 9.86. The first-order chi connectivity index (χ1) is 8.61. The van der Waals surface area contributed by atoms with Crippen LogP contribution in [0, 0.1) is 0 Å². The summed E-state index contributed by atoms with van der Waals surface area (Å²) in [5, 5.41) is 7.09. The van der Waals surface area contributed by atoms with Crippen LogP contribution < -0.4 is 10.6 Å². The van der Waals surface area contributed by atoms with Gasteiger partial charge in [-0.2, -0.15) is 0 Å². The molecule has 0 radical (unpaired) electrons. The summed E-state index contributed by atoms with van der Waals surface area (Å²) < 4.78 is 5.31. The Bertz CT molecular complexity index is 513. The number of rotatable bonds is 0. The predicted octanol–water partition coefficient (Wildman–Crippen LogP) is 2.91. The lowest BCUT2D eigenvalue weighted by Crippen LogP contribution is -2.55. The Kier molecular flexibility index (Phi) is 2.88. The highest BCUT2D eigenvalue weighted by atomic mass is 35.5. The highest BCUT2D eigenvalue weighted by molar-refractivity contribution is 6.42. The Morgan fingerprint density at radius 2 is 1.72 bits per heavy atom. The fourth-order valence-corrected chi connectivity index (χ4v) is 2.71. The Hall–Kier alpha value is -0.970. The van der Waals surface area contributed by atoms with Crippen molar-refractivity contribution in [3.05, 3.63) is 22.2 Å². The van der Waals surface area contributed by atoms with E-state index in [0.717, 1.165) is 5.69 Å². The third-order valence-corrected chi connectivity index (χ3v) is 4.19. The average molecular weight is 287 g/mol. The van der Waals surface area contributed by atoms with Crippen molar-refractivity contribution in [1.29, 1.82) is 0 Å². The molecule has 0 aliphatic carbocycles. The molecule has 1 aromatic rings. The minimum atomic E-state index is -0.581. The Labute approximate surface area is 115 Å². The zero-order chi connectivity index (χ0) is 12.8. The first kappa shape index (κ1) is 12.1. The molecule has 0 bridgehead atoms. The quantitative estimate of drug-likeness (QED) is 0.771. The van der Waals surface area contributed by atoms with E-state index in [0.29, 0.717) is 41.8 Å². The monoisotopic (exact) mass is 286 g/mol. The van der Waals surface area contributed by atoms with Gasteiger partial charge in [-0.1, -0.05) is 23.2 Å². The number of carbonyl (C=O) groups excluding carboxylic acids is 1. The second-order valence-electron chi connectivity index (χ2n) is 4.59. The zero-order valence-electron chi connectivity index (χ0n) is 9.56. The van der Waals surface area contributed by atoms with Crippen molar-refractivity contribution >= 4 is 40.5 Å². The molecular formula is C12H12Cl2N2O2. The van der Waals surface area contributed by atoms with Gasteiger partial charge in [-0.15, -0.1) is 0 Å². The molecule has 2 aliphatic heterocycles. The van der Waals surface area contributed by atoms with Gasteiger partial charge in [0.05, 0.1) is 21.4 Å². The van der Waals surface area contributed by atoms with Crippen LogP contribution in [0.5, 0.6) is 0 Å². The van der Waals surface area contributed by atoms with Crippen LogP contribution in [0.25, 0.3) is 0 Å².